The maximum absolute atomic E-state index is 11.3. The Morgan fingerprint density at radius 3 is 1.86 bits per heavy atom. The van der Waals surface area contributed by atoms with Gasteiger partial charge in [0, 0.05) is 19.2 Å². The topological polar surface area (TPSA) is 211 Å². The summed E-state index contributed by atoms with van der Waals surface area (Å²) in [5, 5.41) is 35.5. The quantitative estimate of drug-likeness (QED) is 0.106. The van der Waals surface area contributed by atoms with E-state index in [0.717, 1.165) is 6.07 Å². The highest BCUT2D eigenvalue weighted by molar-refractivity contribution is 5.77. The van der Waals surface area contributed by atoms with Crippen molar-refractivity contribution in [3.05, 3.63) is 38.4 Å². The maximum Gasteiger partial charge on any atom is 0.329 e. The van der Waals surface area contributed by atoms with Crippen LogP contribution in [0.4, 0.5) is 17.1 Å². The third kappa shape index (κ3) is 14.7. The molecule has 16 nitrogen and oxygen atoms in total. The van der Waals surface area contributed by atoms with Crippen molar-refractivity contribution >= 4 is 28.9 Å². The zero-order chi connectivity index (χ0) is 26.6. The number of benzene rings is 1. The van der Waals surface area contributed by atoms with E-state index in [1.165, 1.54) is 12.1 Å². The summed E-state index contributed by atoms with van der Waals surface area (Å²) in [6, 6.07) is 3.37. The van der Waals surface area contributed by atoms with Gasteiger partial charge in [-0.15, -0.1) is 0 Å². The number of carboxylic acid groups (broad SMARTS) is 1. The summed E-state index contributed by atoms with van der Waals surface area (Å²) < 4.78 is 25.9. The second-order valence-electron chi connectivity index (χ2n) is 6.83. The highest BCUT2D eigenvalue weighted by atomic mass is 16.6. The van der Waals surface area contributed by atoms with Gasteiger partial charge in [-0.3, -0.25) is 25.0 Å². The number of rotatable bonds is 22. The lowest BCUT2D eigenvalue weighted by Crippen LogP contribution is -2.31. The summed E-state index contributed by atoms with van der Waals surface area (Å²) >= 11 is 0. The molecular formula is C20H30N4O12. The van der Waals surface area contributed by atoms with Crippen LogP contribution in [0.5, 0.6) is 0 Å². The molecular weight excluding hydrogens is 488 g/mol. The Morgan fingerprint density at radius 2 is 1.33 bits per heavy atom. The fourth-order valence-electron chi connectivity index (χ4n) is 2.50. The molecule has 1 aromatic carbocycles. The first-order chi connectivity index (χ1) is 17.3. The van der Waals surface area contributed by atoms with Gasteiger partial charge in [-0.05, 0) is 6.07 Å². The van der Waals surface area contributed by atoms with Crippen molar-refractivity contribution in [2.75, 3.05) is 84.5 Å². The second-order valence-corrected chi connectivity index (χ2v) is 6.83. The molecule has 0 heterocycles. The Morgan fingerprint density at radius 1 is 0.778 bits per heavy atom. The summed E-state index contributed by atoms with van der Waals surface area (Å²) in [5.74, 6) is -1.57. The van der Waals surface area contributed by atoms with Gasteiger partial charge in [0.1, 0.15) is 18.9 Å². The number of hydrogen-bond acceptors (Lipinski definition) is 12. The van der Waals surface area contributed by atoms with Crippen LogP contribution in [0.15, 0.2) is 18.2 Å². The van der Waals surface area contributed by atoms with Crippen molar-refractivity contribution < 1.29 is 48.2 Å². The number of nitrogens with one attached hydrogen (secondary N) is 2. The molecule has 0 aliphatic rings. The Labute approximate surface area is 206 Å². The van der Waals surface area contributed by atoms with Crippen molar-refractivity contribution in [1.29, 1.82) is 0 Å². The van der Waals surface area contributed by atoms with Crippen molar-refractivity contribution in [3.63, 3.8) is 0 Å². The van der Waals surface area contributed by atoms with Gasteiger partial charge in [0.15, 0.2) is 0 Å². The molecule has 36 heavy (non-hydrogen) atoms. The molecule has 0 bridgehead atoms. The van der Waals surface area contributed by atoms with Gasteiger partial charge in [-0.2, -0.15) is 0 Å². The normalized spacial score (nSPS) is 10.7. The fraction of sp³-hybridized carbons (Fsp3) is 0.600. The summed E-state index contributed by atoms with van der Waals surface area (Å²) in [6.45, 7) is 2.20. The smallest absolute Gasteiger partial charge is 0.329 e. The van der Waals surface area contributed by atoms with Gasteiger partial charge in [-0.1, -0.05) is 0 Å². The van der Waals surface area contributed by atoms with Crippen molar-refractivity contribution in [1.82, 2.24) is 5.32 Å². The van der Waals surface area contributed by atoms with E-state index in [0.29, 0.717) is 39.6 Å². The van der Waals surface area contributed by atoms with E-state index in [9.17, 15) is 29.8 Å². The number of aliphatic carboxylic acids is 1. The average Bonchev–Trinajstić information content (AvgIpc) is 2.83. The Bertz CT molecular complexity index is 839. The molecule has 0 spiro atoms. The van der Waals surface area contributed by atoms with E-state index in [-0.39, 0.29) is 50.0 Å². The molecule has 16 heteroatoms. The number of amides is 1. The molecule has 3 N–H and O–H groups in total. The van der Waals surface area contributed by atoms with Crippen LogP contribution in [0.1, 0.15) is 0 Å². The van der Waals surface area contributed by atoms with Crippen LogP contribution in [-0.4, -0.2) is 106 Å². The lowest BCUT2D eigenvalue weighted by molar-refractivity contribution is -0.393. The molecule has 0 atom stereocenters. The first kappa shape index (κ1) is 30.6. The number of nitro groups is 2. The molecule has 0 saturated heterocycles. The molecule has 1 aromatic rings. The van der Waals surface area contributed by atoms with E-state index >= 15 is 0 Å². The lowest BCUT2D eigenvalue weighted by Gasteiger charge is -2.09. The number of ether oxygens (including phenoxy) is 5. The van der Waals surface area contributed by atoms with E-state index in [2.05, 4.69) is 15.4 Å². The van der Waals surface area contributed by atoms with Crippen molar-refractivity contribution in [3.8, 4) is 0 Å². The summed E-state index contributed by atoms with van der Waals surface area (Å²) in [6.07, 6.45) is 0. The number of non-ortho nitro benzene ring substituents is 1. The maximum atomic E-state index is 11.3. The van der Waals surface area contributed by atoms with E-state index in [1.54, 1.807) is 0 Å². The minimum absolute atomic E-state index is 0.166. The van der Waals surface area contributed by atoms with Crippen LogP contribution in [0.2, 0.25) is 0 Å². The van der Waals surface area contributed by atoms with Crippen LogP contribution in [0.25, 0.3) is 0 Å². The number of carboxylic acids is 1. The zero-order valence-corrected chi connectivity index (χ0v) is 19.5. The molecule has 0 aliphatic heterocycles. The highest BCUT2D eigenvalue weighted by Gasteiger charge is 2.19. The Kier molecular flexibility index (Phi) is 16.0. The van der Waals surface area contributed by atoms with Gasteiger partial charge in [0.25, 0.3) is 11.4 Å². The largest absolute Gasteiger partial charge is 0.480 e. The summed E-state index contributed by atoms with van der Waals surface area (Å²) in [5.41, 5.74) is -0.579. The first-order valence-corrected chi connectivity index (χ1v) is 10.8. The van der Waals surface area contributed by atoms with Crippen molar-refractivity contribution in [2.45, 2.75) is 0 Å². The molecule has 0 aromatic heterocycles. The van der Waals surface area contributed by atoms with Gasteiger partial charge < -0.3 is 39.4 Å². The SMILES string of the molecule is O=C(O)COCC(=O)NCCOCCOCCOCCOCCNc1ccc([N+](=O)[O-])cc1[N+](=O)[O-]. The zero-order valence-electron chi connectivity index (χ0n) is 19.5. The monoisotopic (exact) mass is 518 g/mol. The molecule has 0 fully saturated rings. The van der Waals surface area contributed by atoms with E-state index in [4.69, 9.17) is 24.1 Å². The lowest BCUT2D eigenvalue weighted by atomic mass is 10.2. The van der Waals surface area contributed by atoms with Crippen LogP contribution in [-0.2, 0) is 33.3 Å². The molecule has 1 amide bonds. The third-order valence-electron chi connectivity index (χ3n) is 4.09. The summed E-state index contributed by atoms with van der Waals surface area (Å²) in [7, 11) is 0. The van der Waals surface area contributed by atoms with Crippen LogP contribution < -0.4 is 10.6 Å². The number of nitro benzene ring substituents is 2. The standard InChI is InChI=1S/C20H30N4O12/c25-19(14-36-15-20(26)27)22-4-6-33-8-10-35-12-11-34-9-7-32-5-3-21-17-2-1-16(23(28)29)13-18(17)24(30)31/h1-2,13,21H,3-12,14-15H2,(H,22,25)(H,26,27). The number of nitrogens with zero attached hydrogens (tertiary/aromatic N) is 2. The number of anilines is 1. The predicted octanol–water partition coefficient (Wildman–Crippen LogP) is 0.199. The van der Waals surface area contributed by atoms with Gasteiger partial charge in [-0.25, -0.2) is 4.79 Å². The average molecular weight is 518 g/mol. The van der Waals surface area contributed by atoms with Crippen LogP contribution in [0.3, 0.4) is 0 Å². The van der Waals surface area contributed by atoms with Gasteiger partial charge in [0.2, 0.25) is 5.91 Å². The van der Waals surface area contributed by atoms with Crippen molar-refractivity contribution in [2.24, 2.45) is 0 Å². The molecule has 0 unspecified atom stereocenters. The predicted molar refractivity (Wildman–Crippen MR) is 123 cm³/mol. The van der Waals surface area contributed by atoms with Gasteiger partial charge in [0.05, 0.1) is 68.8 Å². The minimum Gasteiger partial charge on any atom is -0.480 e. The third-order valence-corrected chi connectivity index (χ3v) is 4.09. The molecule has 202 valence electrons. The Hall–Kier alpha value is -3.44. The minimum atomic E-state index is -1.15. The second kappa shape index (κ2) is 18.8. The first-order valence-electron chi connectivity index (χ1n) is 10.8. The van der Waals surface area contributed by atoms with Gasteiger partial charge >= 0.3 is 5.97 Å². The van der Waals surface area contributed by atoms with Crippen LogP contribution in [0, 0.1) is 20.2 Å². The molecule has 0 radical (unpaired) electrons. The summed E-state index contributed by atoms with van der Waals surface area (Å²) in [4.78, 5) is 42.0. The molecule has 0 saturated carbocycles. The molecule has 0 aliphatic carbocycles. The number of carbonyl (C=O) groups excluding carboxylic acids is 1. The number of hydrogen-bond donors (Lipinski definition) is 3. The fourth-order valence-corrected chi connectivity index (χ4v) is 2.50. The Balaban J connectivity index is 1.92. The van der Waals surface area contributed by atoms with E-state index < -0.39 is 28.3 Å². The molecule has 1 rings (SSSR count). The number of carbonyl (C=O) groups is 2. The van der Waals surface area contributed by atoms with Crippen LogP contribution >= 0.6 is 0 Å². The van der Waals surface area contributed by atoms with E-state index in [1.807, 2.05) is 0 Å². The highest BCUT2D eigenvalue weighted by Crippen LogP contribution is 2.28.